The van der Waals surface area contributed by atoms with E-state index in [2.05, 4.69) is 10.0 Å². The Morgan fingerprint density at radius 3 is 2.35 bits per heavy atom. The largest absolute Gasteiger partial charge is 0.416 e. The highest BCUT2D eigenvalue weighted by Gasteiger charge is 2.30. The van der Waals surface area contributed by atoms with Crippen molar-refractivity contribution in [3.63, 3.8) is 0 Å². The van der Waals surface area contributed by atoms with Crippen LogP contribution in [0.2, 0.25) is 0 Å². The minimum Gasteiger partial charge on any atom is -0.346 e. The van der Waals surface area contributed by atoms with Gasteiger partial charge in [-0.25, -0.2) is 8.42 Å². The first-order valence-electron chi connectivity index (χ1n) is 7.51. The molecule has 26 heavy (non-hydrogen) atoms. The maximum Gasteiger partial charge on any atom is 0.416 e. The van der Waals surface area contributed by atoms with Crippen molar-refractivity contribution < 1.29 is 26.4 Å². The molecule has 0 aliphatic carbocycles. The van der Waals surface area contributed by atoms with Gasteiger partial charge in [0.15, 0.2) is 0 Å². The summed E-state index contributed by atoms with van der Waals surface area (Å²) in [6.07, 6.45) is -3.49. The fourth-order valence-electron chi connectivity index (χ4n) is 2.29. The summed E-state index contributed by atoms with van der Waals surface area (Å²) in [4.78, 5) is 12.3. The molecule has 0 radical (unpaired) electrons. The number of rotatable bonds is 5. The van der Waals surface area contributed by atoms with E-state index in [0.717, 1.165) is 18.4 Å². The van der Waals surface area contributed by atoms with Crippen LogP contribution >= 0.6 is 0 Å². The third-order valence-electron chi connectivity index (χ3n) is 3.49. The summed E-state index contributed by atoms with van der Waals surface area (Å²) in [6.45, 7) is 1.56. The van der Waals surface area contributed by atoms with Crippen LogP contribution in [0.15, 0.2) is 48.5 Å². The van der Waals surface area contributed by atoms with Crippen LogP contribution in [0, 0.1) is 0 Å². The first-order valence-corrected chi connectivity index (χ1v) is 9.41. The van der Waals surface area contributed by atoms with E-state index in [4.69, 9.17) is 0 Å². The maximum absolute atomic E-state index is 12.8. The lowest BCUT2D eigenvalue weighted by Crippen LogP contribution is -2.27. The molecule has 9 heteroatoms. The number of amides is 1. The van der Waals surface area contributed by atoms with Crippen LogP contribution in [0.1, 0.15) is 34.5 Å². The van der Waals surface area contributed by atoms with Gasteiger partial charge in [-0.3, -0.25) is 9.52 Å². The lowest BCUT2D eigenvalue weighted by molar-refractivity contribution is -0.137. The molecular weight excluding hydrogens is 369 g/mol. The summed E-state index contributed by atoms with van der Waals surface area (Å²) < 4.78 is 63.1. The monoisotopic (exact) mass is 386 g/mol. The highest BCUT2D eigenvalue weighted by Crippen LogP contribution is 2.30. The molecule has 2 rings (SSSR count). The van der Waals surface area contributed by atoms with Gasteiger partial charge in [-0.05, 0) is 42.8 Å². The minimum atomic E-state index is -4.47. The summed E-state index contributed by atoms with van der Waals surface area (Å²) in [5.41, 5.74) is -0.0987. The number of benzene rings is 2. The van der Waals surface area contributed by atoms with Gasteiger partial charge in [-0.2, -0.15) is 13.2 Å². The van der Waals surface area contributed by atoms with Crippen LogP contribution in [0.3, 0.4) is 0 Å². The molecule has 0 saturated carbocycles. The van der Waals surface area contributed by atoms with Crippen LogP contribution in [0.4, 0.5) is 18.9 Å². The van der Waals surface area contributed by atoms with Crippen LogP contribution in [0.5, 0.6) is 0 Å². The molecule has 0 aliphatic heterocycles. The highest BCUT2D eigenvalue weighted by atomic mass is 32.2. The summed E-state index contributed by atoms with van der Waals surface area (Å²) in [6, 6.07) is 9.82. The topological polar surface area (TPSA) is 75.3 Å². The van der Waals surface area contributed by atoms with E-state index in [-0.39, 0.29) is 11.3 Å². The van der Waals surface area contributed by atoms with Crippen molar-refractivity contribution in [3.8, 4) is 0 Å². The van der Waals surface area contributed by atoms with Crippen LogP contribution < -0.4 is 10.0 Å². The van der Waals surface area contributed by atoms with Gasteiger partial charge in [0.25, 0.3) is 5.91 Å². The Labute approximate surface area is 149 Å². The molecule has 0 spiro atoms. The molecule has 0 bridgehead atoms. The van der Waals surface area contributed by atoms with Crippen LogP contribution in [-0.4, -0.2) is 20.6 Å². The van der Waals surface area contributed by atoms with E-state index >= 15 is 0 Å². The molecule has 1 unspecified atom stereocenters. The second-order valence-corrected chi connectivity index (χ2v) is 7.52. The predicted octanol–water partition coefficient (Wildman–Crippen LogP) is 3.57. The van der Waals surface area contributed by atoms with Gasteiger partial charge in [0.05, 0.1) is 17.9 Å². The summed E-state index contributed by atoms with van der Waals surface area (Å²) >= 11 is 0. The molecule has 0 fully saturated rings. The predicted molar refractivity (Wildman–Crippen MR) is 92.2 cm³/mol. The average Bonchev–Trinajstić information content (AvgIpc) is 2.52. The standard InChI is InChI=1S/C17H17F3N2O3S/c1-11(12-5-3-7-14(9-12)17(18,19)20)21-16(23)13-6-4-8-15(10-13)22-26(2,24)25/h3-11,22H,1-2H3,(H,21,23). The SMILES string of the molecule is CC(NC(=O)c1cccc(NS(C)(=O)=O)c1)c1cccc(C(F)(F)F)c1. The number of halogens is 3. The third-order valence-corrected chi connectivity index (χ3v) is 4.10. The fourth-order valence-corrected chi connectivity index (χ4v) is 2.84. The first kappa shape index (κ1) is 19.8. The summed E-state index contributed by atoms with van der Waals surface area (Å²) in [5, 5.41) is 2.60. The molecule has 0 aromatic heterocycles. The maximum atomic E-state index is 12.8. The van der Waals surface area contributed by atoms with E-state index in [1.807, 2.05) is 0 Å². The Morgan fingerprint density at radius 2 is 1.73 bits per heavy atom. The average molecular weight is 386 g/mol. The van der Waals surface area contributed by atoms with Crippen molar-refractivity contribution in [1.29, 1.82) is 0 Å². The van der Waals surface area contributed by atoms with E-state index in [0.29, 0.717) is 5.56 Å². The van der Waals surface area contributed by atoms with Gasteiger partial charge in [0.1, 0.15) is 0 Å². The Balaban J connectivity index is 2.16. The molecule has 2 N–H and O–H groups in total. The molecule has 1 atom stereocenters. The number of nitrogens with one attached hydrogen (secondary N) is 2. The number of hydrogen-bond donors (Lipinski definition) is 2. The zero-order valence-corrected chi connectivity index (χ0v) is 14.8. The van der Waals surface area contributed by atoms with Crippen molar-refractivity contribution >= 4 is 21.6 Å². The second kappa shape index (κ2) is 7.36. The number of anilines is 1. The van der Waals surface area contributed by atoms with Crippen molar-refractivity contribution in [3.05, 3.63) is 65.2 Å². The van der Waals surface area contributed by atoms with Crippen molar-refractivity contribution in [2.75, 3.05) is 11.0 Å². The van der Waals surface area contributed by atoms with E-state index in [1.165, 1.54) is 36.4 Å². The van der Waals surface area contributed by atoms with Gasteiger partial charge in [-0.15, -0.1) is 0 Å². The Morgan fingerprint density at radius 1 is 1.08 bits per heavy atom. The number of carbonyl (C=O) groups is 1. The van der Waals surface area contributed by atoms with Gasteiger partial charge < -0.3 is 5.32 Å². The van der Waals surface area contributed by atoms with Crippen molar-refractivity contribution in [2.45, 2.75) is 19.1 Å². The molecule has 2 aromatic carbocycles. The van der Waals surface area contributed by atoms with Crippen LogP contribution in [-0.2, 0) is 16.2 Å². The van der Waals surface area contributed by atoms with E-state index < -0.39 is 33.7 Å². The van der Waals surface area contributed by atoms with E-state index in [9.17, 15) is 26.4 Å². The normalized spacial score (nSPS) is 13.1. The molecular formula is C17H17F3N2O3S. The Kier molecular flexibility index (Phi) is 5.60. The lowest BCUT2D eigenvalue weighted by Gasteiger charge is -2.16. The van der Waals surface area contributed by atoms with Crippen molar-refractivity contribution in [2.24, 2.45) is 0 Å². The summed E-state index contributed by atoms with van der Waals surface area (Å²) in [5.74, 6) is -0.535. The Bertz CT molecular complexity index is 911. The number of sulfonamides is 1. The number of alkyl halides is 3. The molecule has 0 aliphatic rings. The van der Waals surface area contributed by atoms with Crippen LogP contribution in [0.25, 0.3) is 0 Å². The third kappa shape index (κ3) is 5.48. The minimum absolute atomic E-state index is 0.178. The molecule has 5 nitrogen and oxygen atoms in total. The molecule has 140 valence electrons. The van der Waals surface area contributed by atoms with Gasteiger partial charge in [-0.1, -0.05) is 18.2 Å². The number of hydrogen-bond acceptors (Lipinski definition) is 3. The fraction of sp³-hybridized carbons (Fsp3) is 0.235. The van der Waals surface area contributed by atoms with Gasteiger partial charge in [0.2, 0.25) is 10.0 Å². The Hall–Kier alpha value is -2.55. The smallest absolute Gasteiger partial charge is 0.346 e. The highest BCUT2D eigenvalue weighted by molar-refractivity contribution is 7.92. The summed E-state index contributed by atoms with van der Waals surface area (Å²) in [7, 11) is -3.49. The zero-order chi connectivity index (χ0) is 19.5. The number of carbonyl (C=O) groups excluding carboxylic acids is 1. The zero-order valence-electron chi connectivity index (χ0n) is 14.0. The molecule has 1 amide bonds. The van der Waals surface area contributed by atoms with Gasteiger partial charge >= 0.3 is 6.18 Å². The van der Waals surface area contributed by atoms with E-state index in [1.54, 1.807) is 6.92 Å². The molecule has 0 saturated heterocycles. The second-order valence-electron chi connectivity index (χ2n) is 5.77. The van der Waals surface area contributed by atoms with Crippen molar-refractivity contribution in [1.82, 2.24) is 5.32 Å². The van der Waals surface area contributed by atoms with Gasteiger partial charge in [0, 0.05) is 11.3 Å². The first-order chi connectivity index (χ1) is 12.0. The molecule has 0 heterocycles. The lowest BCUT2D eigenvalue weighted by atomic mass is 10.0. The molecule has 2 aromatic rings. The quantitative estimate of drug-likeness (QED) is 0.825.